The van der Waals surface area contributed by atoms with Gasteiger partial charge in [-0.2, -0.15) is 0 Å². The minimum Gasteiger partial charge on any atom is -0.494 e. The van der Waals surface area contributed by atoms with Crippen molar-refractivity contribution in [3.63, 3.8) is 0 Å². The van der Waals surface area contributed by atoms with Crippen LogP contribution in [0.4, 0.5) is 4.39 Å². The summed E-state index contributed by atoms with van der Waals surface area (Å²) in [4.78, 5) is 0. The third kappa shape index (κ3) is 2.84. The van der Waals surface area contributed by atoms with Gasteiger partial charge in [-0.1, -0.05) is 6.07 Å². The maximum Gasteiger partial charge on any atom is 0.165 e. The van der Waals surface area contributed by atoms with E-state index in [1.165, 1.54) is 13.2 Å². The van der Waals surface area contributed by atoms with Gasteiger partial charge in [0.25, 0.3) is 0 Å². The molecule has 5 heteroatoms. The average molecular weight is 247 g/mol. The van der Waals surface area contributed by atoms with Crippen LogP contribution in [0.1, 0.15) is 11.6 Å². The number of ether oxygens (including phenoxy) is 1. The molecule has 1 aliphatic heterocycles. The lowest BCUT2D eigenvalue weighted by molar-refractivity contribution is 0.383. The molecule has 2 rings (SSSR count). The topological polar surface area (TPSA) is 33.3 Å². The number of rotatable bonds is 2. The summed E-state index contributed by atoms with van der Waals surface area (Å²) in [5.74, 6) is -0.00936. The lowest BCUT2D eigenvalue weighted by Gasteiger charge is -2.25. The molecule has 0 aromatic heterocycles. The third-order valence-corrected chi connectivity index (χ3v) is 2.62. The first-order valence-electron chi connectivity index (χ1n) is 5.09. The molecular weight excluding hydrogens is 231 g/mol. The van der Waals surface area contributed by atoms with E-state index in [0.29, 0.717) is 5.75 Å². The van der Waals surface area contributed by atoms with E-state index in [1.807, 2.05) is 6.07 Å². The van der Waals surface area contributed by atoms with E-state index in [9.17, 15) is 4.39 Å². The molecule has 1 heterocycles. The molecule has 0 bridgehead atoms. The van der Waals surface area contributed by atoms with Crippen molar-refractivity contribution in [2.75, 3.05) is 26.7 Å². The van der Waals surface area contributed by atoms with Crippen LogP contribution in [0.3, 0.4) is 0 Å². The summed E-state index contributed by atoms with van der Waals surface area (Å²) < 4.78 is 18.3. The quantitative estimate of drug-likeness (QED) is 0.830. The molecule has 0 aliphatic carbocycles. The number of hydrogen-bond donors (Lipinski definition) is 2. The van der Waals surface area contributed by atoms with Gasteiger partial charge in [-0.25, -0.2) is 4.39 Å². The summed E-state index contributed by atoms with van der Waals surface area (Å²) in [5, 5.41) is 6.60. The van der Waals surface area contributed by atoms with E-state index >= 15 is 0 Å². The molecule has 0 unspecified atom stereocenters. The Labute approximate surface area is 101 Å². The Morgan fingerprint density at radius 3 is 2.75 bits per heavy atom. The molecule has 3 nitrogen and oxygen atoms in total. The highest BCUT2D eigenvalue weighted by molar-refractivity contribution is 5.85. The largest absolute Gasteiger partial charge is 0.494 e. The van der Waals surface area contributed by atoms with Crippen LogP contribution in [0, 0.1) is 5.82 Å². The van der Waals surface area contributed by atoms with Gasteiger partial charge < -0.3 is 15.4 Å². The summed E-state index contributed by atoms with van der Waals surface area (Å²) in [6.45, 7) is 2.72. The smallest absolute Gasteiger partial charge is 0.165 e. The van der Waals surface area contributed by atoms with E-state index in [-0.39, 0.29) is 24.3 Å². The molecule has 0 amide bonds. The van der Waals surface area contributed by atoms with Crippen LogP contribution in [0.15, 0.2) is 18.2 Å². The summed E-state index contributed by atoms with van der Waals surface area (Å²) in [7, 11) is 1.47. The predicted molar refractivity (Wildman–Crippen MR) is 63.8 cm³/mol. The Hall–Kier alpha value is -0.840. The molecule has 1 aromatic carbocycles. The molecule has 1 fully saturated rings. The van der Waals surface area contributed by atoms with Gasteiger partial charge in [0.05, 0.1) is 7.11 Å². The van der Waals surface area contributed by atoms with Crippen molar-refractivity contribution >= 4 is 12.4 Å². The van der Waals surface area contributed by atoms with E-state index < -0.39 is 0 Å². The Balaban J connectivity index is 0.00000128. The first-order valence-corrected chi connectivity index (χ1v) is 5.09. The second-order valence-corrected chi connectivity index (χ2v) is 3.60. The fraction of sp³-hybridized carbons (Fsp3) is 0.455. The van der Waals surface area contributed by atoms with Crippen LogP contribution in [0.5, 0.6) is 5.75 Å². The van der Waals surface area contributed by atoms with Gasteiger partial charge in [-0.05, 0) is 17.7 Å². The molecule has 1 saturated heterocycles. The van der Waals surface area contributed by atoms with Crippen LogP contribution in [-0.2, 0) is 0 Å². The van der Waals surface area contributed by atoms with E-state index in [1.54, 1.807) is 6.07 Å². The molecule has 90 valence electrons. The fourth-order valence-corrected chi connectivity index (χ4v) is 1.79. The standard InChI is InChI=1S/C11H15FN2O.ClH/c1-15-11-3-2-8(6-9(11)12)10-7-13-4-5-14-10;/h2-3,6,10,13-14H,4-5,7H2,1H3;1H/t10-;/m0./s1. The van der Waals surface area contributed by atoms with Crippen molar-refractivity contribution in [3.8, 4) is 5.75 Å². The normalized spacial score (nSPS) is 20.0. The zero-order valence-corrected chi connectivity index (χ0v) is 9.94. The van der Waals surface area contributed by atoms with Crippen molar-refractivity contribution < 1.29 is 9.13 Å². The molecule has 0 radical (unpaired) electrons. The predicted octanol–water partition coefficient (Wildman–Crippen LogP) is 1.49. The summed E-state index contributed by atoms with van der Waals surface area (Å²) in [6.07, 6.45) is 0. The Morgan fingerprint density at radius 2 is 2.19 bits per heavy atom. The molecule has 1 aromatic rings. The van der Waals surface area contributed by atoms with Crippen LogP contribution in [0.25, 0.3) is 0 Å². The van der Waals surface area contributed by atoms with Crippen molar-refractivity contribution in [2.24, 2.45) is 0 Å². The molecular formula is C11H16ClFN2O. The van der Waals surface area contributed by atoms with Crippen LogP contribution in [-0.4, -0.2) is 26.7 Å². The maximum absolute atomic E-state index is 13.4. The number of hydrogen-bond acceptors (Lipinski definition) is 3. The fourth-order valence-electron chi connectivity index (χ4n) is 1.79. The van der Waals surface area contributed by atoms with Gasteiger partial charge in [-0.3, -0.25) is 0 Å². The second kappa shape index (κ2) is 6.03. The average Bonchev–Trinajstić information content (AvgIpc) is 2.30. The van der Waals surface area contributed by atoms with Crippen LogP contribution >= 0.6 is 12.4 Å². The Bertz CT molecular complexity index is 343. The number of benzene rings is 1. The SMILES string of the molecule is COc1ccc([C@@H]2CNCCN2)cc1F.Cl. The molecule has 0 saturated carbocycles. The molecule has 1 aliphatic rings. The first kappa shape index (κ1) is 13.2. The molecule has 2 N–H and O–H groups in total. The summed E-state index contributed by atoms with van der Waals surface area (Å²) in [6, 6.07) is 5.29. The van der Waals surface area contributed by atoms with E-state index in [4.69, 9.17) is 4.74 Å². The van der Waals surface area contributed by atoms with Gasteiger partial charge in [-0.15, -0.1) is 12.4 Å². The van der Waals surface area contributed by atoms with E-state index in [0.717, 1.165) is 25.2 Å². The highest BCUT2D eigenvalue weighted by Gasteiger charge is 2.15. The number of piperazine rings is 1. The summed E-state index contributed by atoms with van der Waals surface area (Å²) in [5.41, 5.74) is 0.959. The highest BCUT2D eigenvalue weighted by Crippen LogP contribution is 2.22. The minimum atomic E-state index is -0.303. The van der Waals surface area contributed by atoms with Crippen LogP contribution in [0.2, 0.25) is 0 Å². The minimum absolute atomic E-state index is 0. The first-order chi connectivity index (χ1) is 7.31. The van der Waals surface area contributed by atoms with Gasteiger partial charge in [0.2, 0.25) is 0 Å². The third-order valence-electron chi connectivity index (χ3n) is 2.62. The van der Waals surface area contributed by atoms with Crippen molar-refractivity contribution in [3.05, 3.63) is 29.6 Å². The van der Waals surface area contributed by atoms with Crippen molar-refractivity contribution in [1.29, 1.82) is 0 Å². The summed E-state index contributed by atoms with van der Waals surface area (Å²) >= 11 is 0. The maximum atomic E-state index is 13.4. The molecule has 0 spiro atoms. The molecule has 1 atom stereocenters. The molecule has 16 heavy (non-hydrogen) atoms. The van der Waals surface area contributed by atoms with Crippen molar-refractivity contribution in [1.82, 2.24) is 10.6 Å². The lowest BCUT2D eigenvalue weighted by Crippen LogP contribution is -2.42. The van der Waals surface area contributed by atoms with E-state index in [2.05, 4.69) is 10.6 Å². The zero-order valence-electron chi connectivity index (χ0n) is 9.13. The Kier molecular flexibility index (Phi) is 4.99. The zero-order chi connectivity index (χ0) is 10.7. The number of nitrogens with one attached hydrogen (secondary N) is 2. The van der Waals surface area contributed by atoms with Gasteiger partial charge in [0.1, 0.15) is 0 Å². The number of methoxy groups -OCH3 is 1. The van der Waals surface area contributed by atoms with Gasteiger partial charge >= 0.3 is 0 Å². The van der Waals surface area contributed by atoms with Gasteiger partial charge in [0, 0.05) is 25.7 Å². The lowest BCUT2D eigenvalue weighted by atomic mass is 10.1. The van der Waals surface area contributed by atoms with Crippen LogP contribution < -0.4 is 15.4 Å². The van der Waals surface area contributed by atoms with Crippen molar-refractivity contribution in [2.45, 2.75) is 6.04 Å². The van der Waals surface area contributed by atoms with Gasteiger partial charge in [0.15, 0.2) is 11.6 Å². The Morgan fingerprint density at radius 1 is 1.38 bits per heavy atom. The highest BCUT2D eigenvalue weighted by atomic mass is 35.5. The second-order valence-electron chi connectivity index (χ2n) is 3.60. The monoisotopic (exact) mass is 246 g/mol. The number of halogens is 2.